The number of carboxylic acids is 1. The van der Waals surface area contributed by atoms with Gasteiger partial charge in [0.2, 0.25) is 0 Å². The Morgan fingerprint density at radius 3 is 1.93 bits per heavy atom. The number of hydrogen-bond acceptors (Lipinski definition) is 7. The van der Waals surface area contributed by atoms with Crippen molar-refractivity contribution < 1.29 is 38.4 Å². The molecule has 0 aromatic heterocycles. The lowest BCUT2D eigenvalue weighted by Gasteiger charge is -2.24. The minimum atomic E-state index is -1.15. The topological polar surface area (TPSA) is 108 Å². The molecule has 0 amide bonds. The van der Waals surface area contributed by atoms with Crippen molar-refractivity contribution in [3.05, 3.63) is 36.5 Å². The number of carbonyl (C=O) groups is 3. The molecule has 0 spiro atoms. The minimum Gasteiger partial charge on any atom is -0.478 e. The Balaban J connectivity index is 4.38. The second-order valence-electron chi connectivity index (χ2n) is 5.94. The molecule has 0 aliphatic carbocycles. The molecule has 0 saturated carbocycles. The second-order valence-corrected chi connectivity index (χ2v) is 5.94. The number of carboxylic acid groups (broad SMARTS) is 1. The van der Waals surface area contributed by atoms with Crippen molar-refractivity contribution in [3.8, 4) is 0 Å². The van der Waals surface area contributed by atoms with Crippen LogP contribution in [-0.4, -0.2) is 62.2 Å². The molecule has 0 aromatic rings. The zero-order valence-corrected chi connectivity index (χ0v) is 16.1. The van der Waals surface area contributed by atoms with Crippen LogP contribution < -0.4 is 0 Å². The molecule has 0 heterocycles. The molecule has 27 heavy (non-hydrogen) atoms. The van der Waals surface area contributed by atoms with Crippen molar-refractivity contribution in [2.24, 2.45) is 5.92 Å². The van der Waals surface area contributed by atoms with E-state index in [4.69, 9.17) is 24.1 Å². The lowest BCUT2D eigenvalue weighted by atomic mass is 9.97. The summed E-state index contributed by atoms with van der Waals surface area (Å²) in [4.78, 5) is 33.8. The van der Waals surface area contributed by atoms with Crippen LogP contribution >= 0.6 is 0 Å². The SMILES string of the molecule is C=C(C)C(=O)OCCOCCOC(COC(=O)C(=C)C)C(C)C(=C)C(=O)O. The van der Waals surface area contributed by atoms with E-state index in [1.54, 1.807) is 13.8 Å². The van der Waals surface area contributed by atoms with Gasteiger partial charge >= 0.3 is 17.9 Å². The number of esters is 2. The van der Waals surface area contributed by atoms with E-state index in [1.807, 2.05) is 0 Å². The highest BCUT2D eigenvalue weighted by Gasteiger charge is 2.26. The lowest BCUT2D eigenvalue weighted by Crippen LogP contribution is -2.32. The van der Waals surface area contributed by atoms with Gasteiger partial charge in [-0.15, -0.1) is 0 Å². The van der Waals surface area contributed by atoms with Gasteiger partial charge in [-0.25, -0.2) is 14.4 Å². The molecule has 1 N–H and O–H groups in total. The Hall–Kier alpha value is -2.45. The van der Waals surface area contributed by atoms with E-state index in [2.05, 4.69) is 19.7 Å². The first-order valence-electron chi connectivity index (χ1n) is 8.34. The van der Waals surface area contributed by atoms with Crippen LogP contribution in [0.25, 0.3) is 0 Å². The van der Waals surface area contributed by atoms with Gasteiger partial charge in [0, 0.05) is 22.6 Å². The van der Waals surface area contributed by atoms with Crippen LogP contribution in [0.3, 0.4) is 0 Å². The maximum atomic E-state index is 11.5. The van der Waals surface area contributed by atoms with Crippen LogP contribution in [-0.2, 0) is 33.3 Å². The zero-order chi connectivity index (χ0) is 21.0. The van der Waals surface area contributed by atoms with Gasteiger partial charge in [-0.2, -0.15) is 0 Å². The summed E-state index contributed by atoms with van der Waals surface area (Å²) >= 11 is 0. The van der Waals surface area contributed by atoms with Gasteiger partial charge in [-0.1, -0.05) is 26.7 Å². The molecule has 2 unspecified atom stereocenters. The van der Waals surface area contributed by atoms with E-state index in [0.717, 1.165) is 0 Å². The van der Waals surface area contributed by atoms with Gasteiger partial charge in [0.25, 0.3) is 0 Å². The van der Waals surface area contributed by atoms with Gasteiger partial charge in [-0.05, 0) is 13.8 Å². The molecule has 2 atom stereocenters. The number of rotatable bonds is 14. The molecule has 0 radical (unpaired) electrons. The summed E-state index contributed by atoms with van der Waals surface area (Å²) < 4.78 is 20.8. The van der Waals surface area contributed by atoms with Gasteiger partial charge < -0.3 is 24.1 Å². The van der Waals surface area contributed by atoms with Crippen LogP contribution in [0.5, 0.6) is 0 Å². The Kier molecular flexibility index (Phi) is 11.7. The van der Waals surface area contributed by atoms with Crippen molar-refractivity contribution >= 4 is 17.9 Å². The van der Waals surface area contributed by atoms with Crippen LogP contribution in [0.15, 0.2) is 36.5 Å². The molecule has 0 aromatic carbocycles. The first-order valence-corrected chi connectivity index (χ1v) is 8.34. The van der Waals surface area contributed by atoms with Gasteiger partial charge in [-0.3, -0.25) is 0 Å². The van der Waals surface area contributed by atoms with Crippen LogP contribution in [0.4, 0.5) is 0 Å². The fourth-order valence-corrected chi connectivity index (χ4v) is 1.71. The molecule has 0 fully saturated rings. The highest BCUT2D eigenvalue weighted by Crippen LogP contribution is 2.17. The normalized spacial score (nSPS) is 12.6. The lowest BCUT2D eigenvalue weighted by molar-refractivity contribution is -0.146. The first kappa shape index (κ1) is 24.6. The van der Waals surface area contributed by atoms with Crippen LogP contribution in [0, 0.1) is 5.92 Å². The van der Waals surface area contributed by atoms with Crippen LogP contribution in [0.2, 0.25) is 0 Å². The van der Waals surface area contributed by atoms with E-state index in [9.17, 15) is 14.4 Å². The predicted molar refractivity (Wildman–Crippen MR) is 98.0 cm³/mol. The molecule has 152 valence electrons. The molecule has 0 aliphatic rings. The fourth-order valence-electron chi connectivity index (χ4n) is 1.71. The summed E-state index contributed by atoms with van der Waals surface area (Å²) in [6.07, 6.45) is -0.707. The van der Waals surface area contributed by atoms with E-state index in [-0.39, 0.29) is 44.2 Å². The summed E-state index contributed by atoms with van der Waals surface area (Å²) in [5.74, 6) is -2.82. The minimum absolute atomic E-state index is 0.0565. The molecule has 0 saturated heterocycles. The molecule has 8 heteroatoms. The van der Waals surface area contributed by atoms with Crippen molar-refractivity contribution in [2.45, 2.75) is 26.9 Å². The Morgan fingerprint density at radius 1 is 0.889 bits per heavy atom. The van der Waals surface area contributed by atoms with E-state index >= 15 is 0 Å². The summed E-state index contributed by atoms with van der Waals surface area (Å²) in [6.45, 7) is 15.5. The monoisotopic (exact) mass is 384 g/mol. The molecular formula is C19H28O8. The smallest absolute Gasteiger partial charge is 0.333 e. The second kappa shape index (κ2) is 12.8. The molecule has 8 nitrogen and oxygen atoms in total. The third-order valence-corrected chi connectivity index (χ3v) is 3.48. The number of carbonyl (C=O) groups excluding carboxylic acids is 2. The number of hydrogen-bond donors (Lipinski definition) is 1. The van der Waals surface area contributed by atoms with Crippen molar-refractivity contribution in [1.29, 1.82) is 0 Å². The van der Waals surface area contributed by atoms with Crippen LogP contribution in [0.1, 0.15) is 20.8 Å². The van der Waals surface area contributed by atoms with Crippen molar-refractivity contribution in [1.82, 2.24) is 0 Å². The van der Waals surface area contributed by atoms with E-state index in [1.165, 1.54) is 6.92 Å². The average Bonchev–Trinajstić information content (AvgIpc) is 2.61. The first-order chi connectivity index (χ1) is 12.6. The molecular weight excluding hydrogens is 356 g/mol. The summed E-state index contributed by atoms with van der Waals surface area (Å²) in [5.41, 5.74) is 0.475. The third kappa shape index (κ3) is 10.3. The summed E-state index contributed by atoms with van der Waals surface area (Å²) in [5, 5.41) is 9.07. The quantitative estimate of drug-likeness (QED) is 0.275. The fraction of sp³-hybridized carbons (Fsp3) is 0.526. The Morgan fingerprint density at radius 2 is 1.41 bits per heavy atom. The standard InChI is InChI=1S/C19H28O8/c1-12(2)18(22)26-10-8-24-7-9-25-16(11-27-19(23)13(3)4)14(5)15(6)17(20)21/h14,16H,1,3,6-11H2,2,4-5H3,(H,20,21). The Bertz CT molecular complexity index is 578. The van der Waals surface area contributed by atoms with E-state index < -0.39 is 29.9 Å². The van der Waals surface area contributed by atoms with Gasteiger partial charge in [0.05, 0.1) is 25.9 Å². The maximum Gasteiger partial charge on any atom is 0.333 e. The maximum absolute atomic E-state index is 11.5. The molecule has 0 aliphatic heterocycles. The van der Waals surface area contributed by atoms with Crippen molar-refractivity contribution in [2.75, 3.05) is 33.0 Å². The summed E-state index contributed by atoms with van der Waals surface area (Å²) in [7, 11) is 0. The largest absolute Gasteiger partial charge is 0.478 e. The number of ether oxygens (including phenoxy) is 4. The zero-order valence-electron chi connectivity index (χ0n) is 16.1. The summed E-state index contributed by atoms with van der Waals surface area (Å²) in [6, 6.07) is 0. The highest BCUT2D eigenvalue weighted by molar-refractivity contribution is 5.87. The van der Waals surface area contributed by atoms with Gasteiger partial charge in [0.15, 0.2) is 0 Å². The predicted octanol–water partition coefficient (Wildman–Crippen LogP) is 1.90. The molecule has 0 bridgehead atoms. The van der Waals surface area contributed by atoms with Crippen molar-refractivity contribution in [3.63, 3.8) is 0 Å². The number of aliphatic carboxylic acids is 1. The molecule has 0 rings (SSSR count). The average molecular weight is 384 g/mol. The van der Waals surface area contributed by atoms with E-state index in [0.29, 0.717) is 5.57 Å². The van der Waals surface area contributed by atoms with Gasteiger partial charge in [0.1, 0.15) is 13.2 Å². The third-order valence-electron chi connectivity index (χ3n) is 3.48. The Labute approximate surface area is 159 Å². The highest BCUT2D eigenvalue weighted by atomic mass is 16.6.